The molecule has 0 saturated heterocycles. The van der Waals surface area contributed by atoms with Crippen molar-refractivity contribution in [3.63, 3.8) is 0 Å². The van der Waals surface area contributed by atoms with Gasteiger partial charge in [0.1, 0.15) is 0 Å². The third-order valence-corrected chi connectivity index (χ3v) is 11.3. The first-order chi connectivity index (χ1) is 12.4. The summed E-state index contributed by atoms with van der Waals surface area (Å²) in [6.07, 6.45) is 6.02. The zero-order valence-corrected chi connectivity index (χ0v) is 18.6. The molecular formula is C19H31Cl2FN2OSi. The van der Waals surface area contributed by atoms with Crippen LogP contribution in [-0.4, -0.2) is 33.1 Å². The molecule has 0 aliphatic heterocycles. The van der Waals surface area contributed by atoms with Crippen molar-refractivity contribution in [2.24, 2.45) is 5.41 Å². The summed E-state index contributed by atoms with van der Waals surface area (Å²) in [5, 5.41) is 4.50. The predicted octanol–water partition coefficient (Wildman–Crippen LogP) is 6.18. The van der Waals surface area contributed by atoms with Gasteiger partial charge in [-0.15, -0.1) is 0 Å². The van der Waals surface area contributed by atoms with Crippen molar-refractivity contribution in [1.29, 1.82) is 0 Å². The van der Waals surface area contributed by atoms with Crippen molar-refractivity contribution in [3.8, 4) is 0 Å². The van der Waals surface area contributed by atoms with Crippen LogP contribution in [0.15, 0.2) is 12.4 Å². The van der Waals surface area contributed by atoms with Crippen LogP contribution < -0.4 is 5.32 Å². The van der Waals surface area contributed by atoms with Crippen molar-refractivity contribution < 1.29 is 8.82 Å². The summed E-state index contributed by atoms with van der Waals surface area (Å²) in [6.45, 7) is 7.59. The lowest BCUT2D eigenvalue weighted by atomic mass is 9.70. The number of pyridine rings is 1. The molecule has 1 aliphatic rings. The van der Waals surface area contributed by atoms with Crippen LogP contribution in [-0.2, 0) is 4.43 Å². The maximum absolute atomic E-state index is 13.4. The maximum atomic E-state index is 13.4. The third-order valence-electron chi connectivity index (χ3n) is 6.07. The van der Waals surface area contributed by atoms with E-state index in [0.29, 0.717) is 23.1 Å². The van der Waals surface area contributed by atoms with E-state index in [2.05, 4.69) is 31.1 Å². The number of alkyl halides is 1. The van der Waals surface area contributed by atoms with Gasteiger partial charge in [0.2, 0.25) is 0 Å². The van der Waals surface area contributed by atoms with Crippen LogP contribution in [0.4, 0.5) is 4.39 Å². The zero-order valence-electron chi connectivity index (χ0n) is 16.1. The Balaban J connectivity index is 2.18. The fourth-order valence-corrected chi connectivity index (χ4v) is 7.15. The summed E-state index contributed by atoms with van der Waals surface area (Å²) >= 11 is 12.8. The Labute approximate surface area is 168 Å². The molecule has 2 rings (SSSR count). The van der Waals surface area contributed by atoms with Crippen LogP contribution in [0.5, 0.6) is 0 Å². The molecule has 0 spiro atoms. The topological polar surface area (TPSA) is 34.1 Å². The van der Waals surface area contributed by atoms with Gasteiger partial charge in [0.25, 0.3) is 0 Å². The Bertz CT molecular complexity index is 549. The number of aromatic nitrogens is 1. The van der Waals surface area contributed by atoms with E-state index in [0.717, 1.165) is 43.0 Å². The summed E-state index contributed by atoms with van der Waals surface area (Å²) in [5.41, 5.74) is 0.608. The summed E-state index contributed by atoms with van der Waals surface area (Å²) in [4.78, 5) is 4.06. The van der Waals surface area contributed by atoms with Crippen LogP contribution in [0.25, 0.3) is 0 Å². The molecule has 1 unspecified atom stereocenters. The van der Waals surface area contributed by atoms with Gasteiger partial charge in [-0.25, -0.2) is 0 Å². The van der Waals surface area contributed by atoms with E-state index >= 15 is 0 Å². The molecule has 0 amide bonds. The Hall–Kier alpha value is -0.203. The first kappa shape index (κ1) is 22.1. The molecule has 1 aromatic rings. The molecule has 1 heterocycles. The van der Waals surface area contributed by atoms with Crippen LogP contribution in [0, 0.1) is 5.41 Å². The van der Waals surface area contributed by atoms with Gasteiger partial charge in [0.15, 0.2) is 8.32 Å². The third kappa shape index (κ3) is 4.99. The van der Waals surface area contributed by atoms with Gasteiger partial charge in [-0.3, -0.25) is 9.37 Å². The van der Waals surface area contributed by atoms with E-state index in [1.807, 2.05) is 0 Å². The summed E-state index contributed by atoms with van der Waals surface area (Å²) in [6, 6.07) is 3.14. The number of nitrogens with zero attached hydrogens (tertiary/aromatic N) is 1. The van der Waals surface area contributed by atoms with Gasteiger partial charge in [-0.2, -0.15) is 0 Å². The fourth-order valence-electron chi connectivity index (χ4n) is 3.74. The summed E-state index contributed by atoms with van der Waals surface area (Å²) < 4.78 is 20.1. The second-order valence-electron chi connectivity index (χ2n) is 7.49. The van der Waals surface area contributed by atoms with Crippen molar-refractivity contribution in [3.05, 3.63) is 28.0 Å². The van der Waals surface area contributed by atoms with Gasteiger partial charge in [0.05, 0.1) is 22.8 Å². The summed E-state index contributed by atoms with van der Waals surface area (Å²) in [7, 11) is -1.86. The van der Waals surface area contributed by atoms with Gasteiger partial charge in [-0.05, 0) is 31.0 Å². The highest BCUT2D eigenvalue weighted by atomic mass is 35.5. The van der Waals surface area contributed by atoms with Crippen LogP contribution in [0.1, 0.15) is 51.7 Å². The largest absolute Gasteiger partial charge is 0.409 e. The smallest absolute Gasteiger partial charge is 0.192 e. The summed E-state index contributed by atoms with van der Waals surface area (Å²) in [5.74, 6) is 0. The number of hydrogen-bond acceptors (Lipinski definition) is 3. The van der Waals surface area contributed by atoms with Gasteiger partial charge in [0, 0.05) is 36.5 Å². The van der Waals surface area contributed by atoms with Crippen molar-refractivity contribution >= 4 is 31.5 Å². The Morgan fingerprint density at radius 2 is 1.77 bits per heavy atom. The molecule has 148 valence electrons. The average molecular weight is 421 g/mol. The van der Waals surface area contributed by atoms with Crippen LogP contribution in [0.2, 0.25) is 28.2 Å². The van der Waals surface area contributed by atoms with Gasteiger partial charge < -0.3 is 9.74 Å². The van der Waals surface area contributed by atoms with Crippen molar-refractivity contribution in [2.45, 2.75) is 64.3 Å². The number of hydrogen-bond donors (Lipinski definition) is 1. The fraction of sp³-hybridized carbons (Fsp3) is 0.737. The van der Waals surface area contributed by atoms with E-state index in [1.54, 1.807) is 12.4 Å². The van der Waals surface area contributed by atoms with Gasteiger partial charge >= 0.3 is 0 Å². The molecular weight excluding hydrogens is 390 g/mol. The molecule has 0 aromatic carbocycles. The normalized spacial score (nSPS) is 17.8. The molecule has 1 aliphatic carbocycles. The molecule has 26 heavy (non-hydrogen) atoms. The van der Waals surface area contributed by atoms with Crippen LogP contribution in [0.3, 0.4) is 0 Å². The lowest BCUT2D eigenvalue weighted by Crippen LogP contribution is -2.44. The van der Waals surface area contributed by atoms with Gasteiger partial charge in [-0.1, -0.05) is 50.4 Å². The molecule has 7 heteroatoms. The molecule has 1 N–H and O–H groups in total. The molecule has 0 radical (unpaired) electrons. The number of nitrogens with one attached hydrogen (secondary N) is 1. The zero-order chi connectivity index (χ0) is 19.2. The second kappa shape index (κ2) is 9.83. The highest BCUT2D eigenvalue weighted by molar-refractivity contribution is 6.73. The Kier molecular flexibility index (Phi) is 8.35. The average Bonchev–Trinajstić information content (AvgIpc) is 2.61. The molecule has 1 saturated carbocycles. The minimum absolute atomic E-state index is 0.189. The van der Waals surface area contributed by atoms with E-state index in [4.69, 9.17) is 27.6 Å². The lowest BCUT2D eigenvalue weighted by molar-refractivity contribution is 0.0835. The predicted molar refractivity (Wildman–Crippen MR) is 110 cm³/mol. The van der Waals surface area contributed by atoms with E-state index in [9.17, 15) is 4.39 Å². The highest BCUT2D eigenvalue weighted by Gasteiger charge is 2.38. The Morgan fingerprint density at radius 3 is 2.19 bits per heavy atom. The molecule has 0 bridgehead atoms. The molecule has 1 aromatic heterocycles. The van der Waals surface area contributed by atoms with E-state index < -0.39 is 8.32 Å². The minimum atomic E-state index is -1.86. The lowest BCUT2D eigenvalue weighted by Gasteiger charge is -2.40. The Morgan fingerprint density at radius 1 is 1.19 bits per heavy atom. The molecule has 1 atom stereocenters. The first-order valence-corrected chi connectivity index (χ1v) is 13.0. The van der Waals surface area contributed by atoms with Crippen molar-refractivity contribution in [1.82, 2.24) is 10.3 Å². The SMILES string of the molecule is CC[Si](CC)(CC)OC(CNCC1(CF)CCC1)c1c(Cl)cncc1Cl. The first-order valence-electron chi connectivity index (χ1n) is 9.68. The highest BCUT2D eigenvalue weighted by Crippen LogP contribution is 2.41. The van der Waals surface area contributed by atoms with E-state index in [1.165, 1.54) is 0 Å². The number of rotatable bonds is 11. The van der Waals surface area contributed by atoms with Crippen LogP contribution >= 0.6 is 23.2 Å². The molecule has 3 nitrogen and oxygen atoms in total. The number of halogens is 3. The quantitative estimate of drug-likeness (QED) is 0.433. The minimum Gasteiger partial charge on any atom is -0.409 e. The monoisotopic (exact) mass is 420 g/mol. The van der Waals surface area contributed by atoms with Crippen molar-refractivity contribution in [2.75, 3.05) is 19.8 Å². The second-order valence-corrected chi connectivity index (χ2v) is 13.0. The standard InChI is InChI=1S/C19H31Cl2FN2OSi/c1-4-26(5-2,6-3)25-17(18-15(20)10-23-11-16(18)21)12-24-14-19(13-22)8-7-9-19/h10-11,17,24H,4-9,12-14H2,1-3H3. The van der Waals surface area contributed by atoms with E-state index in [-0.39, 0.29) is 18.2 Å². The molecule has 1 fully saturated rings. The maximum Gasteiger partial charge on any atom is 0.192 e.